The molecule has 0 radical (unpaired) electrons. The first-order valence-electron chi connectivity index (χ1n) is 7.04. The zero-order chi connectivity index (χ0) is 15.0. The van der Waals surface area contributed by atoms with Crippen LogP contribution in [0, 0.1) is 5.92 Å². The van der Waals surface area contributed by atoms with E-state index in [2.05, 4.69) is 19.2 Å². The molecule has 0 heterocycles. The summed E-state index contributed by atoms with van der Waals surface area (Å²) >= 11 is 0. The third kappa shape index (κ3) is 5.61. The minimum absolute atomic E-state index is 0.492. The first-order valence-corrected chi connectivity index (χ1v) is 8.14. The average Bonchev–Trinajstić information content (AvgIpc) is 2.45. The topological polar surface area (TPSA) is 41.6 Å². The van der Waals surface area contributed by atoms with Crippen LogP contribution in [-0.2, 0) is 11.0 Å². The van der Waals surface area contributed by atoms with Gasteiger partial charge in [0, 0.05) is 13.1 Å². The summed E-state index contributed by atoms with van der Waals surface area (Å²) < 4.78 is 19.8. The second-order valence-electron chi connectivity index (χ2n) is 5.16. The van der Waals surface area contributed by atoms with Crippen molar-refractivity contribution in [1.29, 1.82) is 0 Å². The monoisotopic (exact) mass is 298 g/mol. The fourth-order valence-corrected chi connectivity index (χ4v) is 3.32. The van der Waals surface area contributed by atoms with E-state index in [1.54, 1.807) is 7.11 Å². The van der Waals surface area contributed by atoms with Crippen LogP contribution < -0.4 is 10.1 Å². The van der Waals surface area contributed by atoms with Gasteiger partial charge in [0.25, 0.3) is 0 Å². The molecule has 0 amide bonds. The smallest absolute Gasteiger partial charge is 0.127 e. The van der Waals surface area contributed by atoms with Gasteiger partial charge in [0.2, 0.25) is 0 Å². The number of ether oxygens (including phenoxy) is 1. The molecular formula is C15H26N2O2S. The van der Waals surface area contributed by atoms with Gasteiger partial charge < -0.3 is 10.1 Å². The van der Waals surface area contributed by atoms with Gasteiger partial charge in [0.1, 0.15) is 16.7 Å². The molecule has 0 aromatic heterocycles. The first-order chi connectivity index (χ1) is 9.58. The molecule has 1 atom stereocenters. The Morgan fingerprint density at radius 3 is 2.45 bits per heavy atom. The van der Waals surface area contributed by atoms with Crippen LogP contribution in [0.4, 0.5) is 0 Å². The summed E-state index contributed by atoms with van der Waals surface area (Å²) in [7, 11) is 2.47. The lowest BCUT2D eigenvalue weighted by molar-refractivity contribution is 0.382. The zero-order valence-corrected chi connectivity index (χ0v) is 13.7. The maximum atomic E-state index is 12.6. The van der Waals surface area contributed by atoms with Crippen molar-refractivity contribution in [3.8, 4) is 5.75 Å². The number of nitrogens with zero attached hydrogens (tertiary/aromatic N) is 1. The maximum Gasteiger partial charge on any atom is 0.127 e. The second kappa shape index (κ2) is 9.10. The minimum Gasteiger partial charge on any atom is -0.497 e. The minimum atomic E-state index is -1.11. The molecule has 0 aliphatic heterocycles. The van der Waals surface area contributed by atoms with E-state index >= 15 is 0 Å². The van der Waals surface area contributed by atoms with E-state index in [-0.39, 0.29) is 0 Å². The molecule has 1 aromatic carbocycles. The van der Waals surface area contributed by atoms with Crippen LogP contribution in [0.1, 0.15) is 20.3 Å². The largest absolute Gasteiger partial charge is 0.497 e. The number of methoxy groups -OCH3 is 1. The van der Waals surface area contributed by atoms with Crippen LogP contribution in [0.5, 0.6) is 5.75 Å². The summed E-state index contributed by atoms with van der Waals surface area (Å²) in [6.45, 7) is 6.90. The molecule has 0 bridgehead atoms. The van der Waals surface area contributed by atoms with Crippen LogP contribution in [0.2, 0.25) is 0 Å². The number of benzene rings is 1. The molecule has 0 spiro atoms. The lowest BCUT2D eigenvalue weighted by Crippen LogP contribution is -2.32. The maximum absolute atomic E-state index is 12.6. The fourth-order valence-electron chi connectivity index (χ4n) is 1.92. The van der Waals surface area contributed by atoms with Gasteiger partial charge in [-0.1, -0.05) is 13.8 Å². The lowest BCUT2D eigenvalue weighted by Gasteiger charge is -2.23. The molecule has 0 aliphatic carbocycles. The number of rotatable bonds is 9. The standard InChI is InChI=1S/C15H26N2O2S/c1-13(2)12-17(11-5-10-16-3)20(18)15-8-6-14(19-4)7-9-15/h6-9,13,16H,5,10-12H2,1-4H3. The molecule has 1 N–H and O–H groups in total. The van der Waals surface area contributed by atoms with E-state index in [9.17, 15) is 4.21 Å². The average molecular weight is 298 g/mol. The quantitative estimate of drug-likeness (QED) is 0.711. The molecule has 20 heavy (non-hydrogen) atoms. The van der Waals surface area contributed by atoms with Crippen molar-refractivity contribution in [2.75, 3.05) is 33.8 Å². The van der Waals surface area contributed by atoms with Crippen molar-refractivity contribution in [3.63, 3.8) is 0 Å². The first kappa shape index (κ1) is 17.1. The summed E-state index contributed by atoms with van der Waals surface area (Å²) in [4.78, 5) is 0.830. The molecule has 5 heteroatoms. The predicted molar refractivity (Wildman–Crippen MR) is 84.4 cm³/mol. The Kier molecular flexibility index (Phi) is 7.80. The Labute approximate surface area is 125 Å². The van der Waals surface area contributed by atoms with Crippen LogP contribution in [0.3, 0.4) is 0 Å². The molecule has 0 aliphatic rings. The lowest BCUT2D eigenvalue weighted by atomic mass is 10.2. The van der Waals surface area contributed by atoms with Crippen LogP contribution in [-0.4, -0.2) is 42.3 Å². The number of nitrogens with one attached hydrogen (secondary N) is 1. The summed E-state index contributed by atoms with van der Waals surface area (Å²) in [5, 5.41) is 3.13. The fraction of sp³-hybridized carbons (Fsp3) is 0.600. The molecule has 4 nitrogen and oxygen atoms in total. The van der Waals surface area contributed by atoms with Gasteiger partial charge in [-0.15, -0.1) is 0 Å². The molecule has 1 rings (SSSR count). The Morgan fingerprint density at radius 1 is 1.30 bits per heavy atom. The van der Waals surface area contributed by atoms with Gasteiger partial charge in [-0.05, 0) is 50.2 Å². The zero-order valence-electron chi connectivity index (χ0n) is 12.9. The normalized spacial score (nSPS) is 12.9. The molecule has 1 unspecified atom stereocenters. The summed E-state index contributed by atoms with van der Waals surface area (Å²) in [5.74, 6) is 1.28. The van der Waals surface area contributed by atoms with Gasteiger partial charge in [0.15, 0.2) is 0 Å². The molecule has 0 fully saturated rings. The predicted octanol–water partition coefficient (Wildman–Crippen LogP) is 2.29. The van der Waals surface area contributed by atoms with E-state index < -0.39 is 11.0 Å². The Morgan fingerprint density at radius 2 is 1.95 bits per heavy atom. The van der Waals surface area contributed by atoms with Gasteiger partial charge >= 0.3 is 0 Å². The Balaban J connectivity index is 2.73. The molecule has 1 aromatic rings. The molecular weight excluding hydrogens is 272 g/mol. The third-order valence-electron chi connectivity index (χ3n) is 2.90. The Hall–Kier alpha value is -0.910. The van der Waals surface area contributed by atoms with Crippen LogP contribution >= 0.6 is 0 Å². The van der Waals surface area contributed by atoms with Gasteiger partial charge in [-0.25, -0.2) is 8.51 Å². The Bertz CT molecular complexity index is 407. The molecule has 114 valence electrons. The highest BCUT2D eigenvalue weighted by molar-refractivity contribution is 7.82. The number of hydrogen-bond donors (Lipinski definition) is 1. The summed E-state index contributed by atoms with van der Waals surface area (Å²) in [5.41, 5.74) is 0. The van der Waals surface area contributed by atoms with Crippen molar-refractivity contribution >= 4 is 11.0 Å². The van der Waals surface area contributed by atoms with E-state index in [1.165, 1.54) is 0 Å². The van der Waals surface area contributed by atoms with E-state index in [0.29, 0.717) is 5.92 Å². The molecule has 0 saturated carbocycles. The van der Waals surface area contributed by atoms with Gasteiger partial charge in [-0.2, -0.15) is 0 Å². The van der Waals surface area contributed by atoms with Crippen molar-refractivity contribution in [1.82, 2.24) is 9.62 Å². The highest BCUT2D eigenvalue weighted by Gasteiger charge is 2.16. The van der Waals surface area contributed by atoms with Crippen molar-refractivity contribution in [2.45, 2.75) is 25.2 Å². The van der Waals surface area contributed by atoms with Crippen molar-refractivity contribution < 1.29 is 8.95 Å². The summed E-state index contributed by atoms with van der Waals surface area (Å²) in [6.07, 6.45) is 0.991. The van der Waals surface area contributed by atoms with Gasteiger partial charge in [0.05, 0.1) is 12.0 Å². The summed E-state index contributed by atoms with van der Waals surface area (Å²) in [6, 6.07) is 7.46. The SMILES string of the molecule is CNCCCN(CC(C)C)S(=O)c1ccc(OC)cc1. The van der Waals surface area contributed by atoms with Crippen molar-refractivity contribution in [2.24, 2.45) is 5.92 Å². The van der Waals surface area contributed by atoms with E-state index in [4.69, 9.17) is 4.74 Å². The van der Waals surface area contributed by atoms with Gasteiger partial charge in [-0.3, -0.25) is 0 Å². The molecule has 0 saturated heterocycles. The van der Waals surface area contributed by atoms with E-state index in [0.717, 1.165) is 36.7 Å². The van der Waals surface area contributed by atoms with Crippen LogP contribution in [0.25, 0.3) is 0 Å². The third-order valence-corrected chi connectivity index (χ3v) is 4.37. The second-order valence-corrected chi connectivity index (χ2v) is 6.65. The van der Waals surface area contributed by atoms with Crippen LogP contribution in [0.15, 0.2) is 29.2 Å². The van der Waals surface area contributed by atoms with Crippen molar-refractivity contribution in [3.05, 3.63) is 24.3 Å². The highest BCUT2D eigenvalue weighted by Crippen LogP contribution is 2.17. The highest BCUT2D eigenvalue weighted by atomic mass is 32.2. The number of hydrogen-bond acceptors (Lipinski definition) is 3. The van der Waals surface area contributed by atoms with E-state index in [1.807, 2.05) is 35.6 Å².